The van der Waals surface area contributed by atoms with E-state index in [0.717, 1.165) is 15.7 Å². The minimum absolute atomic E-state index is 0.00459. The van der Waals surface area contributed by atoms with E-state index in [2.05, 4.69) is 26.2 Å². The number of hydrogen-bond donors (Lipinski definition) is 2. The first-order chi connectivity index (χ1) is 8.65. The number of nitrogens with one attached hydrogen (secondary N) is 2. The maximum absolute atomic E-state index is 11.8. The molecule has 1 aromatic carbocycles. The monoisotopic (exact) mass is 306 g/mol. The summed E-state index contributed by atoms with van der Waals surface area (Å²) in [4.78, 5) is 14.9. The van der Waals surface area contributed by atoms with E-state index in [-0.39, 0.29) is 11.9 Å². The summed E-state index contributed by atoms with van der Waals surface area (Å²) in [6.07, 6.45) is 2.20. The highest BCUT2D eigenvalue weighted by Crippen LogP contribution is 2.17. The molecule has 0 radical (unpaired) electrons. The molecule has 0 bridgehead atoms. The lowest BCUT2D eigenvalue weighted by atomic mass is 10.1. The van der Waals surface area contributed by atoms with Crippen LogP contribution in [0.5, 0.6) is 0 Å². The lowest BCUT2D eigenvalue weighted by Gasteiger charge is -2.14. The van der Waals surface area contributed by atoms with E-state index >= 15 is 0 Å². The molecule has 0 spiro atoms. The predicted octanol–water partition coefficient (Wildman–Crippen LogP) is 3.20. The molecule has 0 aliphatic rings. The Morgan fingerprint density at radius 3 is 2.89 bits per heavy atom. The van der Waals surface area contributed by atoms with Crippen molar-refractivity contribution < 1.29 is 4.79 Å². The third-order valence-electron chi connectivity index (χ3n) is 2.74. The van der Waals surface area contributed by atoms with Crippen molar-refractivity contribution in [2.24, 2.45) is 0 Å². The maximum atomic E-state index is 11.8. The molecule has 1 amide bonds. The van der Waals surface area contributed by atoms with Crippen LogP contribution in [-0.2, 0) is 11.2 Å². The fourth-order valence-corrected chi connectivity index (χ4v) is 2.22. The van der Waals surface area contributed by atoms with E-state index in [0.29, 0.717) is 6.42 Å². The van der Waals surface area contributed by atoms with Crippen molar-refractivity contribution in [2.75, 3.05) is 0 Å². The molecule has 2 rings (SSSR count). The van der Waals surface area contributed by atoms with Gasteiger partial charge in [-0.3, -0.25) is 4.79 Å². The Morgan fingerprint density at radius 1 is 1.39 bits per heavy atom. The summed E-state index contributed by atoms with van der Waals surface area (Å²) < 4.78 is 1.02. The van der Waals surface area contributed by atoms with Gasteiger partial charge in [0.1, 0.15) is 0 Å². The molecule has 2 N–H and O–H groups in total. The number of rotatable bonds is 4. The average molecular weight is 307 g/mol. The summed E-state index contributed by atoms with van der Waals surface area (Å²) in [6.45, 7) is 1.98. The van der Waals surface area contributed by atoms with Crippen LogP contribution >= 0.6 is 15.9 Å². The number of carbonyl (C=O) groups excluding carboxylic acids is 1. The predicted molar refractivity (Wildman–Crippen MR) is 75.2 cm³/mol. The van der Waals surface area contributed by atoms with Crippen molar-refractivity contribution >= 4 is 21.8 Å². The quantitative estimate of drug-likeness (QED) is 0.895. The standard InChI is InChI=1S/C14H15BrN2O/c1-10(11-4-2-5-12(15)8-11)17-14(18)9-13-6-3-7-16-13/h2-8,10,16H,9H2,1H3,(H,17,18)/t10-/m1/s1. The van der Waals surface area contributed by atoms with Gasteiger partial charge in [0.05, 0.1) is 12.5 Å². The second-order valence-electron chi connectivity index (χ2n) is 4.22. The number of amides is 1. The van der Waals surface area contributed by atoms with Crippen LogP contribution in [0.25, 0.3) is 0 Å². The zero-order valence-corrected chi connectivity index (χ0v) is 11.7. The molecule has 0 saturated carbocycles. The Bertz CT molecular complexity index is 522. The van der Waals surface area contributed by atoms with Crippen LogP contribution in [0.4, 0.5) is 0 Å². The number of hydrogen-bond acceptors (Lipinski definition) is 1. The number of aromatic amines is 1. The van der Waals surface area contributed by atoms with Crippen molar-refractivity contribution in [2.45, 2.75) is 19.4 Å². The minimum Gasteiger partial charge on any atom is -0.365 e. The number of halogens is 1. The number of benzene rings is 1. The van der Waals surface area contributed by atoms with E-state index in [4.69, 9.17) is 0 Å². The molecular formula is C14H15BrN2O. The molecule has 94 valence electrons. The third-order valence-corrected chi connectivity index (χ3v) is 3.23. The fourth-order valence-electron chi connectivity index (χ4n) is 1.80. The van der Waals surface area contributed by atoms with Crippen molar-refractivity contribution in [3.8, 4) is 0 Å². The van der Waals surface area contributed by atoms with Gasteiger partial charge in [-0.25, -0.2) is 0 Å². The summed E-state index contributed by atoms with van der Waals surface area (Å²) in [6, 6.07) is 11.8. The summed E-state index contributed by atoms with van der Waals surface area (Å²) in [5.74, 6) is 0.0184. The second kappa shape index (κ2) is 5.87. The zero-order chi connectivity index (χ0) is 13.0. The van der Waals surface area contributed by atoms with Gasteiger partial charge < -0.3 is 10.3 Å². The van der Waals surface area contributed by atoms with Crippen LogP contribution in [0.1, 0.15) is 24.2 Å². The molecule has 18 heavy (non-hydrogen) atoms. The van der Waals surface area contributed by atoms with Gasteiger partial charge in [-0.1, -0.05) is 28.1 Å². The van der Waals surface area contributed by atoms with Crippen molar-refractivity contribution in [1.29, 1.82) is 0 Å². The Morgan fingerprint density at radius 2 is 2.22 bits per heavy atom. The van der Waals surface area contributed by atoms with E-state index in [1.165, 1.54) is 0 Å². The molecule has 1 aromatic heterocycles. The van der Waals surface area contributed by atoms with Crippen molar-refractivity contribution in [3.05, 3.63) is 58.3 Å². The molecule has 4 heteroatoms. The maximum Gasteiger partial charge on any atom is 0.226 e. The lowest BCUT2D eigenvalue weighted by Crippen LogP contribution is -2.28. The first-order valence-electron chi connectivity index (χ1n) is 5.82. The largest absolute Gasteiger partial charge is 0.365 e. The fraction of sp³-hybridized carbons (Fsp3) is 0.214. The molecule has 1 heterocycles. The normalized spacial score (nSPS) is 12.1. The Balaban J connectivity index is 1.95. The van der Waals surface area contributed by atoms with Crippen LogP contribution in [0.15, 0.2) is 47.1 Å². The topological polar surface area (TPSA) is 44.9 Å². The van der Waals surface area contributed by atoms with Gasteiger partial charge in [0, 0.05) is 16.4 Å². The van der Waals surface area contributed by atoms with Gasteiger partial charge in [0.15, 0.2) is 0 Å². The van der Waals surface area contributed by atoms with Gasteiger partial charge in [-0.15, -0.1) is 0 Å². The van der Waals surface area contributed by atoms with Gasteiger partial charge in [0.2, 0.25) is 5.91 Å². The molecule has 3 nitrogen and oxygen atoms in total. The number of aromatic nitrogens is 1. The second-order valence-corrected chi connectivity index (χ2v) is 5.13. The third kappa shape index (κ3) is 3.47. The summed E-state index contributed by atoms with van der Waals surface area (Å²) >= 11 is 3.43. The molecule has 0 unspecified atom stereocenters. The molecule has 0 saturated heterocycles. The molecule has 1 atom stereocenters. The molecule has 0 fully saturated rings. The number of H-pyrrole nitrogens is 1. The van der Waals surface area contributed by atoms with Gasteiger partial charge >= 0.3 is 0 Å². The molecule has 2 aromatic rings. The minimum atomic E-state index is 0.00459. The molecule has 0 aliphatic heterocycles. The summed E-state index contributed by atoms with van der Waals surface area (Å²) in [5.41, 5.74) is 2.01. The highest BCUT2D eigenvalue weighted by Gasteiger charge is 2.10. The summed E-state index contributed by atoms with van der Waals surface area (Å²) in [7, 11) is 0. The van der Waals surface area contributed by atoms with Crippen LogP contribution < -0.4 is 5.32 Å². The SMILES string of the molecule is C[C@@H](NC(=O)Cc1ccc[nH]1)c1cccc(Br)c1. The molecular weight excluding hydrogens is 292 g/mol. The van der Waals surface area contributed by atoms with Crippen LogP contribution in [0.2, 0.25) is 0 Å². The summed E-state index contributed by atoms with van der Waals surface area (Å²) in [5, 5.41) is 2.98. The van der Waals surface area contributed by atoms with Gasteiger partial charge in [0.25, 0.3) is 0 Å². The highest BCUT2D eigenvalue weighted by molar-refractivity contribution is 9.10. The van der Waals surface area contributed by atoms with Crippen molar-refractivity contribution in [3.63, 3.8) is 0 Å². The van der Waals surface area contributed by atoms with E-state index in [1.807, 2.05) is 49.5 Å². The van der Waals surface area contributed by atoms with Crippen LogP contribution in [0, 0.1) is 0 Å². The first-order valence-corrected chi connectivity index (χ1v) is 6.61. The Hall–Kier alpha value is -1.55. The van der Waals surface area contributed by atoms with E-state index < -0.39 is 0 Å². The lowest BCUT2D eigenvalue weighted by molar-refractivity contribution is -0.121. The van der Waals surface area contributed by atoms with E-state index in [9.17, 15) is 4.79 Å². The highest BCUT2D eigenvalue weighted by atomic mass is 79.9. The number of carbonyl (C=O) groups is 1. The van der Waals surface area contributed by atoms with Crippen LogP contribution in [-0.4, -0.2) is 10.9 Å². The average Bonchev–Trinajstić information content (AvgIpc) is 2.81. The van der Waals surface area contributed by atoms with E-state index in [1.54, 1.807) is 0 Å². The van der Waals surface area contributed by atoms with Crippen molar-refractivity contribution in [1.82, 2.24) is 10.3 Å². The van der Waals surface area contributed by atoms with Gasteiger partial charge in [-0.2, -0.15) is 0 Å². The van der Waals surface area contributed by atoms with Crippen LogP contribution in [0.3, 0.4) is 0 Å². The smallest absolute Gasteiger partial charge is 0.226 e. The Labute approximate surface area is 115 Å². The Kier molecular flexibility index (Phi) is 4.20. The zero-order valence-electron chi connectivity index (χ0n) is 10.1. The molecule has 0 aliphatic carbocycles. The first kappa shape index (κ1) is 12.9. The van der Waals surface area contributed by atoms with Gasteiger partial charge in [-0.05, 0) is 36.8 Å².